The molecule has 0 bridgehead atoms. The molecule has 0 N–H and O–H groups in total. The zero-order valence-electron chi connectivity index (χ0n) is 12.1. The van der Waals surface area contributed by atoms with Gasteiger partial charge in [-0.05, 0) is 18.6 Å². The summed E-state index contributed by atoms with van der Waals surface area (Å²) in [4.78, 5) is 19.9. The van der Waals surface area contributed by atoms with E-state index in [1.54, 1.807) is 23.0 Å². The standard InChI is InChI=1S/C16H15ClN4O/c1-3-5-6-12(4-2)10-21-8-7-14(20-21)15(22)13-9-18-11-19-16(13)17/h3-9,11H,2,10H2,1H3/b5-3-,12-6+. The van der Waals surface area contributed by atoms with Gasteiger partial charge in [0.15, 0.2) is 0 Å². The second kappa shape index (κ2) is 7.47. The highest BCUT2D eigenvalue weighted by molar-refractivity contribution is 6.33. The Morgan fingerprint density at radius 2 is 2.32 bits per heavy atom. The molecular formula is C16H15ClN4O. The number of aromatic nitrogens is 4. The summed E-state index contributed by atoms with van der Waals surface area (Å²) in [5, 5.41) is 4.38. The number of carbonyl (C=O) groups is 1. The van der Waals surface area contributed by atoms with Gasteiger partial charge < -0.3 is 0 Å². The van der Waals surface area contributed by atoms with Crippen molar-refractivity contribution >= 4 is 17.4 Å². The quantitative estimate of drug-likeness (QED) is 0.466. The Bertz CT molecular complexity index is 746. The van der Waals surface area contributed by atoms with Crippen molar-refractivity contribution < 1.29 is 4.79 Å². The van der Waals surface area contributed by atoms with Crippen molar-refractivity contribution in [3.8, 4) is 0 Å². The number of hydrogen-bond donors (Lipinski definition) is 0. The van der Waals surface area contributed by atoms with E-state index in [1.807, 2.05) is 25.2 Å². The molecule has 2 aromatic heterocycles. The maximum absolute atomic E-state index is 12.3. The Hall–Kier alpha value is -2.53. The number of hydrogen-bond acceptors (Lipinski definition) is 4. The number of allylic oxidation sites excluding steroid dienone is 5. The second-order valence-electron chi connectivity index (χ2n) is 4.43. The van der Waals surface area contributed by atoms with Crippen LogP contribution in [0.25, 0.3) is 0 Å². The fourth-order valence-electron chi connectivity index (χ4n) is 1.77. The van der Waals surface area contributed by atoms with E-state index in [0.717, 1.165) is 5.57 Å². The van der Waals surface area contributed by atoms with Crippen LogP contribution in [0.15, 0.2) is 61.2 Å². The lowest BCUT2D eigenvalue weighted by molar-refractivity contribution is 0.103. The molecule has 2 aromatic rings. The van der Waals surface area contributed by atoms with Gasteiger partial charge >= 0.3 is 0 Å². The van der Waals surface area contributed by atoms with Crippen LogP contribution in [-0.4, -0.2) is 25.5 Å². The van der Waals surface area contributed by atoms with E-state index in [1.165, 1.54) is 12.5 Å². The van der Waals surface area contributed by atoms with Crippen LogP contribution in [0.1, 0.15) is 23.0 Å². The maximum Gasteiger partial charge on any atom is 0.217 e. The van der Waals surface area contributed by atoms with Crippen LogP contribution in [0.3, 0.4) is 0 Å². The van der Waals surface area contributed by atoms with Gasteiger partial charge in [-0.25, -0.2) is 9.97 Å². The lowest BCUT2D eigenvalue weighted by atomic mass is 10.2. The number of halogens is 1. The van der Waals surface area contributed by atoms with Gasteiger partial charge in [0.1, 0.15) is 17.2 Å². The van der Waals surface area contributed by atoms with Crippen molar-refractivity contribution in [1.29, 1.82) is 0 Å². The van der Waals surface area contributed by atoms with Crippen molar-refractivity contribution in [2.75, 3.05) is 0 Å². The molecule has 0 saturated carbocycles. The van der Waals surface area contributed by atoms with E-state index >= 15 is 0 Å². The third kappa shape index (κ3) is 3.77. The molecule has 22 heavy (non-hydrogen) atoms. The largest absolute Gasteiger partial charge is 0.287 e. The molecule has 0 aliphatic heterocycles. The number of carbonyl (C=O) groups excluding carboxylic acids is 1. The highest BCUT2D eigenvalue weighted by Gasteiger charge is 2.16. The van der Waals surface area contributed by atoms with Crippen LogP contribution in [-0.2, 0) is 6.54 Å². The molecule has 0 spiro atoms. The summed E-state index contributed by atoms with van der Waals surface area (Å²) < 4.78 is 1.67. The van der Waals surface area contributed by atoms with Gasteiger partial charge in [0.05, 0.1) is 12.1 Å². The minimum Gasteiger partial charge on any atom is -0.287 e. The summed E-state index contributed by atoms with van der Waals surface area (Å²) >= 11 is 5.90. The second-order valence-corrected chi connectivity index (χ2v) is 4.78. The smallest absolute Gasteiger partial charge is 0.217 e. The Morgan fingerprint density at radius 3 is 3.00 bits per heavy atom. The predicted octanol–water partition coefficient (Wildman–Crippen LogP) is 3.25. The summed E-state index contributed by atoms with van der Waals surface area (Å²) in [5.74, 6) is -0.304. The van der Waals surface area contributed by atoms with Gasteiger partial charge in [-0.1, -0.05) is 42.5 Å². The molecule has 0 aliphatic carbocycles. The number of nitrogens with zero attached hydrogens (tertiary/aromatic N) is 4. The van der Waals surface area contributed by atoms with Gasteiger partial charge in [-0.2, -0.15) is 5.10 Å². The summed E-state index contributed by atoms with van der Waals surface area (Å²) in [7, 11) is 0. The molecule has 0 aromatic carbocycles. The van der Waals surface area contributed by atoms with Crippen molar-refractivity contribution in [2.45, 2.75) is 13.5 Å². The average Bonchev–Trinajstić information content (AvgIpc) is 2.99. The lowest BCUT2D eigenvalue weighted by Gasteiger charge is -2.02. The molecule has 0 amide bonds. The highest BCUT2D eigenvalue weighted by Crippen LogP contribution is 2.15. The van der Waals surface area contributed by atoms with Crippen LogP contribution in [0.2, 0.25) is 5.15 Å². The molecule has 5 nitrogen and oxygen atoms in total. The van der Waals surface area contributed by atoms with E-state index in [2.05, 4.69) is 21.6 Å². The summed E-state index contributed by atoms with van der Waals surface area (Å²) in [5.41, 5.74) is 1.52. The minimum atomic E-state index is -0.304. The molecule has 6 heteroatoms. The molecule has 0 fully saturated rings. The van der Waals surface area contributed by atoms with Gasteiger partial charge in [0.2, 0.25) is 5.78 Å². The molecule has 0 saturated heterocycles. The van der Waals surface area contributed by atoms with Crippen LogP contribution < -0.4 is 0 Å². The zero-order chi connectivity index (χ0) is 15.9. The van der Waals surface area contributed by atoms with Crippen molar-refractivity contribution in [3.05, 3.63) is 77.7 Å². The molecule has 2 rings (SSSR count). The summed E-state index contributed by atoms with van der Waals surface area (Å²) in [6.07, 6.45) is 12.0. The summed E-state index contributed by atoms with van der Waals surface area (Å²) in [6.45, 7) is 6.23. The zero-order valence-corrected chi connectivity index (χ0v) is 12.9. The van der Waals surface area contributed by atoms with Crippen molar-refractivity contribution in [3.63, 3.8) is 0 Å². The normalized spacial score (nSPS) is 11.8. The molecule has 0 unspecified atom stereocenters. The van der Waals surface area contributed by atoms with Gasteiger partial charge in [0, 0.05) is 12.4 Å². The fraction of sp³-hybridized carbons (Fsp3) is 0.125. The van der Waals surface area contributed by atoms with Crippen molar-refractivity contribution in [1.82, 2.24) is 19.7 Å². The number of rotatable bonds is 6. The fourth-order valence-corrected chi connectivity index (χ4v) is 1.95. The Labute approximate surface area is 133 Å². The summed E-state index contributed by atoms with van der Waals surface area (Å²) in [6, 6.07) is 1.64. The molecule has 0 atom stereocenters. The molecule has 2 heterocycles. The van der Waals surface area contributed by atoms with E-state index in [4.69, 9.17) is 11.6 Å². The molecule has 112 valence electrons. The van der Waals surface area contributed by atoms with Crippen molar-refractivity contribution in [2.24, 2.45) is 0 Å². The predicted molar refractivity (Wildman–Crippen MR) is 85.8 cm³/mol. The van der Waals surface area contributed by atoms with Gasteiger partial charge in [-0.3, -0.25) is 9.48 Å². The molecule has 0 radical (unpaired) electrons. The average molecular weight is 315 g/mol. The van der Waals surface area contributed by atoms with Crippen LogP contribution in [0.4, 0.5) is 0 Å². The van der Waals surface area contributed by atoms with Gasteiger partial charge in [-0.15, -0.1) is 0 Å². The first-order valence-electron chi connectivity index (χ1n) is 6.63. The third-order valence-corrected chi connectivity index (χ3v) is 3.19. The van der Waals surface area contributed by atoms with Crippen LogP contribution >= 0.6 is 11.6 Å². The SMILES string of the molecule is C=C/C(=C\C=C/C)Cn1ccc(C(=O)c2cncnc2Cl)n1. The monoisotopic (exact) mass is 314 g/mol. The van der Waals surface area contributed by atoms with E-state index < -0.39 is 0 Å². The van der Waals surface area contributed by atoms with E-state index in [9.17, 15) is 4.79 Å². The lowest BCUT2D eigenvalue weighted by Crippen LogP contribution is -2.07. The number of ketones is 1. The van der Waals surface area contributed by atoms with Gasteiger partial charge in [0.25, 0.3) is 0 Å². The van der Waals surface area contributed by atoms with Crippen LogP contribution in [0.5, 0.6) is 0 Å². The van der Waals surface area contributed by atoms with E-state index in [-0.39, 0.29) is 16.5 Å². The minimum absolute atomic E-state index is 0.120. The first-order valence-corrected chi connectivity index (χ1v) is 7.01. The maximum atomic E-state index is 12.3. The first kappa shape index (κ1) is 15.9. The Kier molecular flexibility index (Phi) is 5.38. The Morgan fingerprint density at radius 1 is 1.50 bits per heavy atom. The molecule has 0 aliphatic rings. The molecular weight excluding hydrogens is 300 g/mol. The topological polar surface area (TPSA) is 60.7 Å². The third-order valence-electron chi connectivity index (χ3n) is 2.89. The Balaban J connectivity index is 2.20. The van der Waals surface area contributed by atoms with E-state index in [0.29, 0.717) is 12.2 Å². The first-order chi connectivity index (χ1) is 10.7. The highest BCUT2D eigenvalue weighted by atomic mass is 35.5. The van der Waals surface area contributed by atoms with Crippen LogP contribution in [0, 0.1) is 0 Å².